The highest BCUT2D eigenvalue weighted by atomic mass is 16.5. The van der Waals surface area contributed by atoms with Crippen LogP contribution in [0.15, 0.2) is 0 Å². The zero-order valence-corrected chi connectivity index (χ0v) is 6.43. The monoisotopic (exact) mass is 142 g/mol. The van der Waals surface area contributed by atoms with Gasteiger partial charge in [-0.1, -0.05) is 19.8 Å². The van der Waals surface area contributed by atoms with Gasteiger partial charge in [0, 0.05) is 6.42 Å². The molecule has 2 heteroatoms. The van der Waals surface area contributed by atoms with Gasteiger partial charge in [-0.05, 0) is 12.3 Å². The van der Waals surface area contributed by atoms with E-state index in [-0.39, 0.29) is 5.97 Å². The molecule has 1 heterocycles. The molecule has 0 spiro atoms. The molecule has 0 amide bonds. The van der Waals surface area contributed by atoms with Gasteiger partial charge >= 0.3 is 5.97 Å². The molecule has 0 N–H and O–H groups in total. The summed E-state index contributed by atoms with van der Waals surface area (Å²) >= 11 is 0. The van der Waals surface area contributed by atoms with E-state index in [0.717, 1.165) is 6.42 Å². The Morgan fingerprint density at radius 2 is 2.50 bits per heavy atom. The number of carbonyl (C=O) groups excluding carboxylic acids is 1. The Morgan fingerprint density at radius 3 is 3.10 bits per heavy atom. The lowest BCUT2D eigenvalue weighted by Crippen LogP contribution is -2.20. The van der Waals surface area contributed by atoms with Crippen LogP contribution in [-0.4, -0.2) is 12.6 Å². The van der Waals surface area contributed by atoms with Gasteiger partial charge in [0.2, 0.25) is 0 Å². The van der Waals surface area contributed by atoms with Gasteiger partial charge in [-0.25, -0.2) is 0 Å². The second-order valence-corrected chi connectivity index (χ2v) is 2.87. The van der Waals surface area contributed by atoms with E-state index in [0.29, 0.717) is 18.9 Å². The smallest absolute Gasteiger partial charge is 0.306 e. The lowest BCUT2D eigenvalue weighted by Gasteiger charge is -2.20. The first-order valence-corrected chi connectivity index (χ1v) is 3.98. The van der Waals surface area contributed by atoms with E-state index < -0.39 is 0 Å². The summed E-state index contributed by atoms with van der Waals surface area (Å²) in [6.45, 7) is 2.80. The second-order valence-electron chi connectivity index (χ2n) is 2.87. The fourth-order valence-electron chi connectivity index (χ4n) is 1.39. The number of ether oxygens (including phenoxy) is 1. The molecule has 1 fully saturated rings. The summed E-state index contributed by atoms with van der Waals surface area (Å²) < 4.78 is 4.82. The zero-order valence-electron chi connectivity index (χ0n) is 6.43. The second kappa shape index (κ2) is 3.59. The van der Waals surface area contributed by atoms with Crippen LogP contribution in [0.4, 0.5) is 0 Å². The number of rotatable bonds is 2. The molecule has 0 aromatic rings. The predicted octanol–water partition coefficient (Wildman–Crippen LogP) is 1.74. The lowest BCUT2D eigenvalue weighted by molar-refractivity contribution is -0.149. The molecular weight excluding hydrogens is 128 g/mol. The third-order valence-electron chi connectivity index (χ3n) is 1.94. The quantitative estimate of drug-likeness (QED) is 0.549. The molecule has 1 atom stereocenters. The van der Waals surface area contributed by atoms with Crippen LogP contribution in [0.5, 0.6) is 0 Å². The number of cyclic esters (lactones) is 1. The molecule has 0 radical (unpaired) electrons. The summed E-state index contributed by atoms with van der Waals surface area (Å²) in [6.07, 6.45) is 4.07. The standard InChI is InChI=1S/C8H14O2/c1-2-3-7-4-5-10-8(9)6-7/h7H,2-6H2,1H3/t7-/m0/s1. The third kappa shape index (κ3) is 2.01. The SMILES string of the molecule is CCC[C@H]1CCOC(=O)C1. The fraction of sp³-hybridized carbons (Fsp3) is 0.875. The molecule has 0 aliphatic carbocycles. The van der Waals surface area contributed by atoms with E-state index in [4.69, 9.17) is 4.74 Å². The van der Waals surface area contributed by atoms with Crippen LogP contribution in [0.25, 0.3) is 0 Å². The van der Waals surface area contributed by atoms with Crippen molar-refractivity contribution >= 4 is 5.97 Å². The van der Waals surface area contributed by atoms with E-state index in [9.17, 15) is 4.79 Å². The molecule has 58 valence electrons. The van der Waals surface area contributed by atoms with Crippen molar-refractivity contribution < 1.29 is 9.53 Å². The Hall–Kier alpha value is -0.530. The van der Waals surface area contributed by atoms with Gasteiger partial charge in [-0.3, -0.25) is 4.79 Å². The van der Waals surface area contributed by atoms with Gasteiger partial charge in [0.15, 0.2) is 0 Å². The maximum atomic E-state index is 10.7. The predicted molar refractivity (Wildman–Crippen MR) is 38.6 cm³/mol. The highest BCUT2D eigenvalue weighted by Crippen LogP contribution is 2.20. The summed E-state index contributed by atoms with van der Waals surface area (Å²) in [5.41, 5.74) is 0. The van der Waals surface area contributed by atoms with Crippen molar-refractivity contribution in [3.05, 3.63) is 0 Å². The molecule has 1 aliphatic heterocycles. The first kappa shape index (κ1) is 7.58. The molecule has 0 unspecified atom stereocenters. The van der Waals surface area contributed by atoms with Gasteiger partial charge in [-0.15, -0.1) is 0 Å². The molecule has 0 aromatic heterocycles. The highest BCUT2D eigenvalue weighted by molar-refractivity contribution is 5.70. The van der Waals surface area contributed by atoms with Crippen molar-refractivity contribution in [3.63, 3.8) is 0 Å². The number of esters is 1. The first-order chi connectivity index (χ1) is 4.83. The van der Waals surface area contributed by atoms with Crippen LogP contribution in [0.2, 0.25) is 0 Å². The van der Waals surface area contributed by atoms with Crippen molar-refractivity contribution in [3.8, 4) is 0 Å². The fourth-order valence-corrected chi connectivity index (χ4v) is 1.39. The maximum Gasteiger partial charge on any atom is 0.306 e. The minimum atomic E-state index is -0.00954. The summed E-state index contributed by atoms with van der Waals surface area (Å²) in [5, 5.41) is 0. The molecule has 0 aromatic carbocycles. The third-order valence-corrected chi connectivity index (χ3v) is 1.94. The van der Waals surface area contributed by atoms with E-state index in [1.54, 1.807) is 0 Å². The van der Waals surface area contributed by atoms with E-state index >= 15 is 0 Å². The van der Waals surface area contributed by atoms with Gasteiger partial charge < -0.3 is 4.74 Å². The van der Waals surface area contributed by atoms with E-state index in [2.05, 4.69) is 6.92 Å². The lowest BCUT2D eigenvalue weighted by atomic mass is 9.95. The van der Waals surface area contributed by atoms with Crippen LogP contribution in [-0.2, 0) is 9.53 Å². The van der Waals surface area contributed by atoms with Crippen molar-refractivity contribution in [2.75, 3.05) is 6.61 Å². The first-order valence-electron chi connectivity index (χ1n) is 3.98. The molecule has 0 bridgehead atoms. The van der Waals surface area contributed by atoms with Crippen LogP contribution in [0.3, 0.4) is 0 Å². The van der Waals surface area contributed by atoms with E-state index in [1.165, 1.54) is 12.8 Å². The maximum absolute atomic E-state index is 10.7. The average molecular weight is 142 g/mol. The molecule has 2 nitrogen and oxygen atoms in total. The molecule has 1 rings (SSSR count). The Morgan fingerprint density at radius 1 is 1.70 bits per heavy atom. The summed E-state index contributed by atoms with van der Waals surface area (Å²) in [4.78, 5) is 10.7. The number of hydrogen-bond donors (Lipinski definition) is 0. The average Bonchev–Trinajstić information content (AvgIpc) is 1.88. The Labute approximate surface area is 61.6 Å². The minimum Gasteiger partial charge on any atom is -0.466 e. The van der Waals surface area contributed by atoms with Crippen LogP contribution in [0, 0.1) is 5.92 Å². The minimum absolute atomic E-state index is 0.00954. The van der Waals surface area contributed by atoms with Gasteiger partial charge in [-0.2, -0.15) is 0 Å². The zero-order chi connectivity index (χ0) is 7.40. The van der Waals surface area contributed by atoms with Crippen molar-refractivity contribution in [2.24, 2.45) is 5.92 Å². The summed E-state index contributed by atoms with van der Waals surface area (Å²) in [6, 6.07) is 0. The Bertz CT molecular complexity index is 118. The highest BCUT2D eigenvalue weighted by Gasteiger charge is 2.19. The number of carbonyl (C=O) groups is 1. The molecule has 10 heavy (non-hydrogen) atoms. The molecular formula is C8H14O2. The van der Waals surface area contributed by atoms with Gasteiger partial charge in [0.05, 0.1) is 6.61 Å². The largest absolute Gasteiger partial charge is 0.466 e. The van der Waals surface area contributed by atoms with Crippen molar-refractivity contribution in [1.82, 2.24) is 0 Å². The molecule has 1 saturated heterocycles. The number of hydrogen-bond acceptors (Lipinski definition) is 2. The molecule has 1 aliphatic rings. The van der Waals surface area contributed by atoms with Crippen molar-refractivity contribution in [2.45, 2.75) is 32.6 Å². The normalized spacial score (nSPS) is 26.1. The summed E-state index contributed by atoms with van der Waals surface area (Å²) in [7, 11) is 0. The van der Waals surface area contributed by atoms with Gasteiger partial charge in [0.25, 0.3) is 0 Å². The molecule has 0 saturated carbocycles. The van der Waals surface area contributed by atoms with Crippen LogP contribution >= 0.6 is 0 Å². The summed E-state index contributed by atoms with van der Waals surface area (Å²) in [5.74, 6) is 0.593. The van der Waals surface area contributed by atoms with Crippen LogP contribution < -0.4 is 0 Å². The topological polar surface area (TPSA) is 26.3 Å². The Kier molecular flexibility index (Phi) is 2.72. The van der Waals surface area contributed by atoms with Crippen LogP contribution in [0.1, 0.15) is 32.6 Å². The van der Waals surface area contributed by atoms with Gasteiger partial charge in [0.1, 0.15) is 0 Å². The Balaban J connectivity index is 2.25. The van der Waals surface area contributed by atoms with E-state index in [1.807, 2.05) is 0 Å². The van der Waals surface area contributed by atoms with Crippen molar-refractivity contribution in [1.29, 1.82) is 0 Å².